The Kier molecular flexibility index (Phi) is 15.1. The van der Waals surface area contributed by atoms with E-state index in [0.29, 0.717) is 37.9 Å². The lowest BCUT2D eigenvalue weighted by atomic mass is 9.76. The summed E-state index contributed by atoms with van der Waals surface area (Å²) >= 11 is 0. The topological polar surface area (TPSA) is 188 Å². The number of hydrogen-bond acceptors (Lipinski definition) is 10. The van der Waals surface area contributed by atoms with E-state index in [0.717, 1.165) is 19.3 Å². The number of Topliss-reactive ketones (excluding diaryl/α,β-unsaturated/α-hetero) is 2. The highest BCUT2D eigenvalue weighted by atomic mass is 16.2. The number of aromatic nitrogens is 3. The van der Waals surface area contributed by atoms with Crippen LogP contribution in [0.3, 0.4) is 0 Å². The van der Waals surface area contributed by atoms with Gasteiger partial charge in [0.1, 0.15) is 23.6 Å². The van der Waals surface area contributed by atoms with Crippen molar-refractivity contribution in [3.63, 3.8) is 0 Å². The minimum absolute atomic E-state index is 0.0204. The second-order valence-electron chi connectivity index (χ2n) is 19.4. The average molecular weight is 832 g/mol. The second-order valence-corrected chi connectivity index (χ2v) is 19.4. The number of aryl methyl sites for hydroxylation is 1. The molecule has 2 fully saturated rings. The molecule has 0 bridgehead atoms. The second kappa shape index (κ2) is 19.5. The van der Waals surface area contributed by atoms with Gasteiger partial charge in [-0.25, -0.2) is 4.68 Å². The van der Waals surface area contributed by atoms with Crippen LogP contribution in [0.4, 0.5) is 0 Å². The standard InChI is InChI=1S/C45H69N9O6/c1-27(46-9)37(55)23-34(44(3,4)5)42(59)52-20-14-19-35(52)41(58)48-24-31-25-54(51-50-31)32-22-36(38(56)21-30-17-13-16-29-15-11-12-18-33(29)30)53(26-32)43(60)39(45(6,7)8)49-40(57)28(2)47-10/h11-12,15,18,25,27-28,30,32,34-36,39,46-47H,13-14,16-17,19-24,26H2,1-10H3,(H,48,58)(H,49,57)/t27-,28-,30-,32-,34+,35-,36-,39+/m0/s1. The molecule has 3 heterocycles. The molecular weight excluding hydrogens is 763 g/mol. The van der Waals surface area contributed by atoms with Gasteiger partial charge in [0.05, 0.1) is 36.9 Å². The number of likely N-dealkylation sites (N-methyl/N-ethyl adjacent to an activating group) is 2. The van der Waals surface area contributed by atoms with Gasteiger partial charge in [-0.3, -0.25) is 28.8 Å². The van der Waals surface area contributed by atoms with Crippen LogP contribution in [0, 0.1) is 16.7 Å². The molecule has 8 atom stereocenters. The molecule has 3 aliphatic rings. The predicted octanol–water partition coefficient (Wildman–Crippen LogP) is 3.47. The molecule has 0 saturated carbocycles. The molecule has 0 spiro atoms. The summed E-state index contributed by atoms with van der Waals surface area (Å²) in [5, 5.41) is 20.6. The van der Waals surface area contributed by atoms with E-state index in [-0.39, 0.29) is 72.7 Å². The number of hydrogen-bond donors (Lipinski definition) is 4. The number of carbonyl (C=O) groups is 6. The number of benzene rings is 1. The van der Waals surface area contributed by atoms with Gasteiger partial charge in [-0.15, -0.1) is 5.10 Å². The van der Waals surface area contributed by atoms with Gasteiger partial charge >= 0.3 is 0 Å². The van der Waals surface area contributed by atoms with Crippen molar-refractivity contribution in [2.45, 2.75) is 155 Å². The number of amides is 4. The van der Waals surface area contributed by atoms with Crippen LogP contribution in [0.5, 0.6) is 0 Å². The molecule has 0 radical (unpaired) electrons. The fraction of sp³-hybridized carbons (Fsp3) is 0.689. The van der Waals surface area contributed by atoms with Crippen LogP contribution in [-0.2, 0) is 41.7 Å². The van der Waals surface area contributed by atoms with Crippen molar-refractivity contribution in [3.05, 3.63) is 47.3 Å². The summed E-state index contributed by atoms with van der Waals surface area (Å²) in [7, 11) is 3.40. The van der Waals surface area contributed by atoms with E-state index in [1.165, 1.54) is 11.1 Å². The van der Waals surface area contributed by atoms with E-state index in [4.69, 9.17) is 0 Å². The fourth-order valence-electron chi connectivity index (χ4n) is 8.89. The van der Waals surface area contributed by atoms with Crippen molar-refractivity contribution >= 4 is 35.2 Å². The summed E-state index contributed by atoms with van der Waals surface area (Å²) in [6.45, 7) is 15.7. The fourth-order valence-corrected chi connectivity index (χ4v) is 8.89. The normalized spacial score (nSPS) is 22.7. The van der Waals surface area contributed by atoms with E-state index in [1.54, 1.807) is 48.6 Å². The number of likely N-dealkylation sites (tertiary alicyclic amines) is 2. The Labute approximate surface area is 355 Å². The molecule has 15 heteroatoms. The third-order valence-electron chi connectivity index (χ3n) is 13.0. The lowest BCUT2D eigenvalue weighted by Gasteiger charge is -2.36. The largest absolute Gasteiger partial charge is 0.349 e. The molecule has 2 saturated heterocycles. The van der Waals surface area contributed by atoms with Crippen LogP contribution in [0.25, 0.3) is 0 Å². The molecule has 4 N–H and O–H groups in total. The van der Waals surface area contributed by atoms with Crippen LogP contribution in [0.1, 0.15) is 129 Å². The highest BCUT2D eigenvalue weighted by Gasteiger charge is 2.47. The van der Waals surface area contributed by atoms with Crippen LogP contribution in [-0.4, -0.2) is 117 Å². The molecule has 60 heavy (non-hydrogen) atoms. The van der Waals surface area contributed by atoms with E-state index in [1.807, 2.05) is 53.7 Å². The zero-order valence-corrected chi connectivity index (χ0v) is 37.5. The molecule has 2 aromatic rings. The predicted molar refractivity (Wildman–Crippen MR) is 229 cm³/mol. The van der Waals surface area contributed by atoms with E-state index < -0.39 is 40.9 Å². The molecule has 330 valence electrons. The van der Waals surface area contributed by atoms with Gasteiger partial charge in [-0.1, -0.05) is 71.0 Å². The summed E-state index contributed by atoms with van der Waals surface area (Å²) in [6, 6.07) is 4.72. The summed E-state index contributed by atoms with van der Waals surface area (Å²) in [5.74, 6) is -1.69. The summed E-state index contributed by atoms with van der Waals surface area (Å²) < 4.78 is 1.67. The molecule has 1 aliphatic carbocycles. The molecule has 4 amide bonds. The number of ketones is 2. The van der Waals surface area contributed by atoms with Gasteiger partial charge in [0.2, 0.25) is 23.6 Å². The molecule has 5 rings (SSSR count). The average Bonchev–Trinajstić information content (AvgIpc) is 4.00. The highest BCUT2D eigenvalue weighted by Crippen LogP contribution is 2.38. The first-order valence-corrected chi connectivity index (χ1v) is 21.8. The zero-order valence-electron chi connectivity index (χ0n) is 37.5. The number of carbonyl (C=O) groups excluding carboxylic acids is 6. The van der Waals surface area contributed by atoms with E-state index in [2.05, 4.69) is 43.7 Å². The van der Waals surface area contributed by atoms with Crippen LogP contribution < -0.4 is 21.3 Å². The monoisotopic (exact) mass is 832 g/mol. The van der Waals surface area contributed by atoms with Crippen molar-refractivity contribution in [1.82, 2.24) is 46.1 Å². The van der Waals surface area contributed by atoms with Crippen LogP contribution in [0.15, 0.2) is 30.5 Å². The summed E-state index contributed by atoms with van der Waals surface area (Å²) in [6.07, 6.45) is 6.52. The first-order valence-electron chi connectivity index (χ1n) is 21.8. The van der Waals surface area contributed by atoms with Crippen LogP contribution in [0.2, 0.25) is 0 Å². The number of rotatable bonds is 16. The SMILES string of the molecule is CN[C@@H](C)C(=O)C[C@H](C(=O)N1CCC[C@H]1C(=O)NCc1cn([C@H]2C[C@@H](C(=O)C[C@@H]3CCCc4ccccc43)N(C(=O)[C@@H](NC(=O)[C@H](C)NC)C(C)(C)C)C2)nn1)C(C)(C)C. The number of nitrogens with one attached hydrogen (secondary N) is 4. The lowest BCUT2D eigenvalue weighted by molar-refractivity contribution is -0.146. The van der Waals surface area contributed by atoms with Gasteiger partial charge in [0.25, 0.3) is 0 Å². The zero-order chi connectivity index (χ0) is 44.1. The minimum atomic E-state index is -0.884. The third kappa shape index (κ3) is 10.9. The first-order chi connectivity index (χ1) is 28.2. The Morgan fingerprint density at radius 3 is 2.22 bits per heavy atom. The molecule has 15 nitrogen and oxygen atoms in total. The van der Waals surface area contributed by atoms with Gasteiger partial charge in [0, 0.05) is 31.8 Å². The first kappa shape index (κ1) is 46.6. The third-order valence-corrected chi connectivity index (χ3v) is 13.0. The van der Waals surface area contributed by atoms with Gasteiger partial charge < -0.3 is 31.1 Å². The maximum atomic E-state index is 14.6. The summed E-state index contributed by atoms with van der Waals surface area (Å²) in [4.78, 5) is 85.9. The minimum Gasteiger partial charge on any atom is -0.349 e. The van der Waals surface area contributed by atoms with E-state index >= 15 is 0 Å². The van der Waals surface area contributed by atoms with E-state index in [9.17, 15) is 28.8 Å². The van der Waals surface area contributed by atoms with Gasteiger partial charge in [0.15, 0.2) is 5.78 Å². The van der Waals surface area contributed by atoms with Crippen LogP contribution >= 0.6 is 0 Å². The van der Waals surface area contributed by atoms with Crippen molar-refractivity contribution in [3.8, 4) is 0 Å². The molecule has 1 aromatic carbocycles. The van der Waals surface area contributed by atoms with Crippen molar-refractivity contribution in [1.29, 1.82) is 0 Å². The van der Waals surface area contributed by atoms with Crippen molar-refractivity contribution < 1.29 is 28.8 Å². The smallest absolute Gasteiger partial charge is 0.246 e. The Bertz CT molecular complexity index is 1880. The Morgan fingerprint density at radius 1 is 0.850 bits per heavy atom. The van der Waals surface area contributed by atoms with Gasteiger partial charge in [-0.2, -0.15) is 0 Å². The summed E-state index contributed by atoms with van der Waals surface area (Å²) in [5.41, 5.74) is 1.82. The molecular formula is C45H69N9O6. The molecule has 0 unspecified atom stereocenters. The Hall–Kier alpha value is -4.50. The number of nitrogens with zero attached hydrogens (tertiary/aromatic N) is 5. The Morgan fingerprint density at radius 2 is 1.55 bits per heavy atom. The highest BCUT2D eigenvalue weighted by molar-refractivity contribution is 5.95. The van der Waals surface area contributed by atoms with Crippen molar-refractivity contribution in [2.24, 2.45) is 16.7 Å². The molecule has 1 aromatic heterocycles. The Balaban J connectivity index is 1.31. The van der Waals surface area contributed by atoms with Crippen molar-refractivity contribution in [2.75, 3.05) is 27.2 Å². The van der Waals surface area contributed by atoms with Gasteiger partial charge in [-0.05, 0) is 94.3 Å². The maximum absolute atomic E-state index is 14.6. The quantitative estimate of drug-likeness (QED) is 0.195. The lowest BCUT2D eigenvalue weighted by Crippen LogP contribution is -2.59. The maximum Gasteiger partial charge on any atom is 0.246 e. The number of fused-ring (bicyclic) bond motifs is 1. The molecule has 2 aliphatic heterocycles.